The van der Waals surface area contributed by atoms with E-state index in [0.717, 1.165) is 77.8 Å². The predicted octanol–water partition coefficient (Wildman–Crippen LogP) is 1.74. The largest absolute Gasteiger partial charge is 0.330 e. The monoisotopic (exact) mass is 400 g/mol. The minimum absolute atomic E-state index is 0.610. The first-order valence-electron chi connectivity index (χ1n) is 11.8. The summed E-state index contributed by atoms with van der Waals surface area (Å²) in [7, 11) is 0. The molecular weight excluding hydrogens is 348 g/mol. The normalized spacial score (nSPS) is 16.3. The summed E-state index contributed by atoms with van der Waals surface area (Å²) < 4.78 is 0. The fourth-order valence-corrected chi connectivity index (χ4v) is 4.99. The summed E-state index contributed by atoms with van der Waals surface area (Å²) in [6.45, 7) is 6.74. The Labute approximate surface area is 174 Å². The van der Waals surface area contributed by atoms with Gasteiger partial charge in [0.2, 0.25) is 0 Å². The lowest BCUT2D eigenvalue weighted by Crippen LogP contribution is -2.28. The average Bonchev–Trinajstić information content (AvgIpc) is 2.67. The molecule has 0 amide bonds. The summed E-state index contributed by atoms with van der Waals surface area (Å²) in [6, 6.07) is 0. The maximum atomic E-state index is 6.02. The topological polar surface area (TPSA) is 156 Å². The van der Waals surface area contributed by atoms with Gasteiger partial charge in [0.15, 0.2) is 0 Å². The molecule has 0 fully saturated rings. The molecule has 6 nitrogen and oxygen atoms in total. The molecule has 0 aromatic heterocycles. The molecule has 28 heavy (non-hydrogen) atoms. The first-order valence-corrected chi connectivity index (χ1v) is 11.8. The number of hydrogen-bond donors (Lipinski definition) is 6. The van der Waals surface area contributed by atoms with Crippen molar-refractivity contribution in [2.45, 2.75) is 71.1 Å². The lowest BCUT2D eigenvalue weighted by atomic mass is 9.73. The van der Waals surface area contributed by atoms with E-state index >= 15 is 0 Å². The van der Waals surface area contributed by atoms with E-state index in [0.29, 0.717) is 29.6 Å². The van der Waals surface area contributed by atoms with Crippen molar-refractivity contribution >= 4 is 0 Å². The third kappa shape index (κ3) is 12.3. The standard InChI is InChI=1S/C22H52N6/c1-2-18(3-9-23)16-21(7-13-27)22(8-14-28)17-20(6-12-26)15-19(4-10-24)5-11-25/h18-22H,2-17,23-28H2,1H3. The smallest absolute Gasteiger partial charge is 0.00745 e. The maximum Gasteiger partial charge on any atom is -0.00745 e. The van der Waals surface area contributed by atoms with Crippen LogP contribution in [0.25, 0.3) is 0 Å². The van der Waals surface area contributed by atoms with E-state index in [1.807, 2.05) is 0 Å². The van der Waals surface area contributed by atoms with Crippen LogP contribution in [-0.4, -0.2) is 39.3 Å². The summed E-state index contributed by atoms with van der Waals surface area (Å²) in [5.41, 5.74) is 35.5. The summed E-state index contributed by atoms with van der Waals surface area (Å²) in [5.74, 6) is 3.18. The Bertz CT molecular complexity index is 322. The molecule has 4 atom stereocenters. The van der Waals surface area contributed by atoms with Crippen LogP contribution in [0.15, 0.2) is 0 Å². The zero-order chi connectivity index (χ0) is 21.2. The zero-order valence-corrected chi connectivity index (χ0v) is 18.7. The van der Waals surface area contributed by atoms with Gasteiger partial charge in [0.05, 0.1) is 0 Å². The van der Waals surface area contributed by atoms with Gasteiger partial charge in [-0.15, -0.1) is 0 Å². The zero-order valence-electron chi connectivity index (χ0n) is 18.7. The highest BCUT2D eigenvalue weighted by Crippen LogP contribution is 2.36. The molecular formula is C22H52N6. The van der Waals surface area contributed by atoms with Crippen molar-refractivity contribution in [3.63, 3.8) is 0 Å². The van der Waals surface area contributed by atoms with Gasteiger partial charge in [0.1, 0.15) is 0 Å². The van der Waals surface area contributed by atoms with E-state index in [2.05, 4.69) is 6.92 Å². The SMILES string of the molecule is CCC(CCN)CC(CCN)C(CCN)CC(CCN)CC(CCN)CCN. The highest BCUT2D eigenvalue weighted by atomic mass is 14.6. The summed E-state index contributed by atoms with van der Waals surface area (Å²) in [6.07, 6.45) is 11.2. The minimum atomic E-state index is 0.610. The molecule has 0 aromatic carbocycles. The van der Waals surface area contributed by atoms with Crippen LogP contribution in [0.4, 0.5) is 0 Å². The van der Waals surface area contributed by atoms with Crippen LogP contribution in [0, 0.1) is 29.6 Å². The van der Waals surface area contributed by atoms with Gasteiger partial charge in [-0.2, -0.15) is 0 Å². The van der Waals surface area contributed by atoms with E-state index in [4.69, 9.17) is 34.4 Å². The second-order valence-electron chi connectivity index (χ2n) is 8.70. The van der Waals surface area contributed by atoms with Crippen molar-refractivity contribution in [1.82, 2.24) is 0 Å². The Balaban J connectivity index is 5.19. The first kappa shape index (κ1) is 27.8. The molecule has 0 radical (unpaired) electrons. The molecule has 0 saturated heterocycles. The molecule has 0 bridgehead atoms. The molecule has 4 unspecified atom stereocenters. The molecule has 0 aliphatic carbocycles. The van der Waals surface area contributed by atoms with Crippen LogP contribution in [-0.2, 0) is 0 Å². The van der Waals surface area contributed by atoms with Gasteiger partial charge in [-0.05, 0) is 127 Å². The second-order valence-corrected chi connectivity index (χ2v) is 8.70. The van der Waals surface area contributed by atoms with E-state index in [1.165, 1.54) is 25.7 Å². The van der Waals surface area contributed by atoms with Gasteiger partial charge >= 0.3 is 0 Å². The Morgan fingerprint density at radius 2 is 0.786 bits per heavy atom. The van der Waals surface area contributed by atoms with E-state index in [1.54, 1.807) is 0 Å². The molecule has 170 valence electrons. The predicted molar refractivity (Wildman–Crippen MR) is 124 cm³/mol. The Hall–Kier alpha value is -0.240. The van der Waals surface area contributed by atoms with Gasteiger partial charge in [-0.1, -0.05) is 13.3 Å². The molecule has 0 aliphatic heterocycles. The summed E-state index contributed by atoms with van der Waals surface area (Å²) >= 11 is 0. The molecule has 0 aromatic rings. The Morgan fingerprint density at radius 1 is 0.429 bits per heavy atom. The van der Waals surface area contributed by atoms with Crippen LogP contribution in [0.3, 0.4) is 0 Å². The molecule has 0 aliphatic rings. The molecule has 0 saturated carbocycles. The number of nitrogens with two attached hydrogens (primary N) is 6. The van der Waals surface area contributed by atoms with Crippen LogP contribution in [0.5, 0.6) is 0 Å². The van der Waals surface area contributed by atoms with Crippen LogP contribution in [0.1, 0.15) is 71.1 Å². The highest BCUT2D eigenvalue weighted by molar-refractivity contribution is 4.79. The van der Waals surface area contributed by atoms with Crippen molar-refractivity contribution in [3.8, 4) is 0 Å². The molecule has 12 N–H and O–H groups in total. The number of hydrogen-bond acceptors (Lipinski definition) is 6. The fraction of sp³-hybridized carbons (Fsp3) is 1.00. The van der Waals surface area contributed by atoms with E-state index in [9.17, 15) is 0 Å². The van der Waals surface area contributed by atoms with E-state index in [-0.39, 0.29) is 0 Å². The van der Waals surface area contributed by atoms with E-state index < -0.39 is 0 Å². The van der Waals surface area contributed by atoms with Crippen molar-refractivity contribution < 1.29 is 0 Å². The second kappa shape index (κ2) is 18.8. The van der Waals surface area contributed by atoms with Crippen LogP contribution in [0.2, 0.25) is 0 Å². The third-order valence-corrected chi connectivity index (χ3v) is 6.56. The lowest BCUT2D eigenvalue weighted by molar-refractivity contribution is 0.182. The summed E-state index contributed by atoms with van der Waals surface area (Å²) in [5, 5.41) is 0. The summed E-state index contributed by atoms with van der Waals surface area (Å²) in [4.78, 5) is 0. The molecule has 6 heteroatoms. The van der Waals surface area contributed by atoms with Crippen molar-refractivity contribution in [2.24, 2.45) is 64.0 Å². The quantitative estimate of drug-likeness (QED) is 0.183. The van der Waals surface area contributed by atoms with Crippen molar-refractivity contribution in [1.29, 1.82) is 0 Å². The average molecular weight is 401 g/mol. The molecule has 0 spiro atoms. The van der Waals surface area contributed by atoms with Crippen LogP contribution < -0.4 is 34.4 Å². The number of rotatable bonds is 20. The highest BCUT2D eigenvalue weighted by Gasteiger charge is 2.27. The first-order chi connectivity index (χ1) is 13.6. The Kier molecular flexibility index (Phi) is 18.6. The van der Waals surface area contributed by atoms with Crippen molar-refractivity contribution in [3.05, 3.63) is 0 Å². The van der Waals surface area contributed by atoms with Gasteiger partial charge < -0.3 is 34.4 Å². The van der Waals surface area contributed by atoms with Gasteiger partial charge in [-0.3, -0.25) is 0 Å². The third-order valence-electron chi connectivity index (χ3n) is 6.56. The maximum absolute atomic E-state index is 6.02. The van der Waals surface area contributed by atoms with Gasteiger partial charge in [0, 0.05) is 0 Å². The van der Waals surface area contributed by atoms with Gasteiger partial charge in [-0.25, -0.2) is 0 Å². The minimum Gasteiger partial charge on any atom is -0.330 e. The lowest BCUT2D eigenvalue weighted by Gasteiger charge is -2.33. The van der Waals surface area contributed by atoms with Crippen molar-refractivity contribution in [2.75, 3.05) is 39.3 Å². The van der Waals surface area contributed by atoms with Crippen LogP contribution >= 0.6 is 0 Å². The van der Waals surface area contributed by atoms with Gasteiger partial charge in [0.25, 0.3) is 0 Å². The Morgan fingerprint density at radius 3 is 1.18 bits per heavy atom. The molecule has 0 rings (SSSR count). The molecule has 0 heterocycles. The fourth-order valence-electron chi connectivity index (χ4n) is 4.99.